The van der Waals surface area contributed by atoms with E-state index in [9.17, 15) is 4.79 Å². The normalized spacial score (nSPS) is 18.2. The van der Waals surface area contributed by atoms with Crippen molar-refractivity contribution >= 4 is 53.1 Å². The number of aryl methyl sites for hydroxylation is 1. The fourth-order valence-electron chi connectivity index (χ4n) is 4.29. The molecule has 1 fully saturated rings. The molecule has 4 rings (SSSR count). The van der Waals surface area contributed by atoms with E-state index >= 15 is 0 Å². The molecule has 0 spiro atoms. The molecule has 162 valence electrons. The number of nitrogens with zero attached hydrogens (tertiary/aromatic N) is 3. The van der Waals surface area contributed by atoms with E-state index in [1.165, 1.54) is 5.56 Å². The molecule has 0 unspecified atom stereocenters. The van der Waals surface area contributed by atoms with Crippen LogP contribution in [0.2, 0.25) is 5.02 Å². The largest absolute Gasteiger partial charge is 0.399 e. The minimum Gasteiger partial charge on any atom is -0.399 e. The van der Waals surface area contributed by atoms with Crippen molar-refractivity contribution in [3.05, 3.63) is 34.5 Å². The number of rotatable bonds is 4. The van der Waals surface area contributed by atoms with Gasteiger partial charge in [0, 0.05) is 42.1 Å². The summed E-state index contributed by atoms with van der Waals surface area (Å²) in [7, 11) is 1.70. The minimum atomic E-state index is -0.00732. The molecular formula is C21H28Cl2N6O. The van der Waals surface area contributed by atoms with Gasteiger partial charge in [0.25, 0.3) is 0 Å². The predicted octanol–water partition coefficient (Wildman–Crippen LogP) is 3.72. The third-order valence-corrected chi connectivity index (χ3v) is 5.89. The quantitative estimate of drug-likeness (QED) is 0.614. The molecule has 0 radical (unpaired) electrons. The van der Waals surface area contributed by atoms with Gasteiger partial charge in [-0.1, -0.05) is 11.6 Å². The molecule has 2 aromatic rings. The Hall–Kier alpha value is -2.25. The Morgan fingerprint density at radius 2 is 2.00 bits per heavy atom. The minimum absolute atomic E-state index is 0. The van der Waals surface area contributed by atoms with Gasteiger partial charge < -0.3 is 21.3 Å². The zero-order valence-electron chi connectivity index (χ0n) is 17.1. The van der Waals surface area contributed by atoms with Crippen LogP contribution in [-0.2, 0) is 17.6 Å². The van der Waals surface area contributed by atoms with Crippen molar-refractivity contribution in [3.63, 3.8) is 0 Å². The SMILES string of the molecule is CNC(=O)[C@@H]1CCCN(c2nc(Nc3cc(N)cc(Cl)c3)nc3c2CCCC3)C1.Cl. The van der Waals surface area contributed by atoms with E-state index in [1.54, 1.807) is 13.1 Å². The summed E-state index contributed by atoms with van der Waals surface area (Å²) in [6.45, 7) is 1.59. The molecule has 1 aromatic carbocycles. The summed E-state index contributed by atoms with van der Waals surface area (Å²) in [6.07, 6.45) is 6.10. The van der Waals surface area contributed by atoms with E-state index in [-0.39, 0.29) is 24.2 Å². The van der Waals surface area contributed by atoms with Gasteiger partial charge in [-0.05, 0) is 56.7 Å². The molecule has 1 aliphatic heterocycles. The molecular weight excluding hydrogens is 423 g/mol. The zero-order chi connectivity index (χ0) is 20.4. The van der Waals surface area contributed by atoms with E-state index in [0.29, 0.717) is 23.2 Å². The summed E-state index contributed by atoms with van der Waals surface area (Å²) in [5.74, 6) is 1.60. The van der Waals surface area contributed by atoms with Gasteiger partial charge in [-0.3, -0.25) is 4.79 Å². The lowest BCUT2D eigenvalue weighted by atomic mass is 9.93. The van der Waals surface area contributed by atoms with Crippen LogP contribution in [0.4, 0.5) is 23.1 Å². The zero-order valence-corrected chi connectivity index (χ0v) is 18.7. The molecule has 0 saturated carbocycles. The monoisotopic (exact) mass is 450 g/mol. The highest BCUT2D eigenvalue weighted by Crippen LogP contribution is 2.33. The lowest BCUT2D eigenvalue weighted by Gasteiger charge is -2.35. The van der Waals surface area contributed by atoms with E-state index < -0.39 is 0 Å². The summed E-state index contributed by atoms with van der Waals surface area (Å²) in [5, 5.41) is 6.62. The Balaban J connectivity index is 0.00000256. The third-order valence-electron chi connectivity index (χ3n) is 5.68. The summed E-state index contributed by atoms with van der Waals surface area (Å²) < 4.78 is 0. The Morgan fingerprint density at radius 3 is 2.77 bits per heavy atom. The summed E-state index contributed by atoms with van der Waals surface area (Å²) >= 11 is 6.14. The molecule has 2 aliphatic rings. The van der Waals surface area contributed by atoms with Crippen LogP contribution in [0, 0.1) is 5.92 Å². The van der Waals surface area contributed by atoms with Gasteiger partial charge in [0.2, 0.25) is 11.9 Å². The molecule has 9 heteroatoms. The maximum absolute atomic E-state index is 12.2. The van der Waals surface area contributed by atoms with Crippen LogP contribution in [0.5, 0.6) is 0 Å². The van der Waals surface area contributed by atoms with Crippen LogP contribution in [0.25, 0.3) is 0 Å². The van der Waals surface area contributed by atoms with Crippen molar-refractivity contribution in [2.75, 3.05) is 36.1 Å². The highest BCUT2D eigenvalue weighted by molar-refractivity contribution is 6.31. The number of amides is 1. The smallest absolute Gasteiger partial charge is 0.229 e. The van der Waals surface area contributed by atoms with Crippen LogP contribution in [0.1, 0.15) is 36.9 Å². The number of anilines is 4. The highest BCUT2D eigenvalue weighted by atomic mass is 35.5. The van der Waals surface area contributed by atoms with Crippen LogP contribution in [0.15, 0.2) is 18.2 Å². The lowest BCUT2D eigenvalue weighted by Crippen LogP contribution is -2.43. The van der Waals surface area contributed by atoms with Gasteiger partial charge in [0.15, 0.2) is 0 Å². The molecule has 4 N–H and O–H groups in total. The molecule has 2 heterocycles. The van der Waals surface area contributed by atoms with Crippen LogP contribution in [0.3, 0.4) is 0 Å². The molecule has 1 atom stereocenters. The first-order valence-corrected chi connectivity index (χ1v) is 10.6. The second-order valence-corrected chi connectivity index (χ2v) is 8.24. The fraction of sp³-hybridized carbons (Fsp3) is 0.476. The van der Waals surface area contributed by atoms with Crippen molar-refractivity contribution in [3.8, 4) is 0 Å². The van der Waals surface area contributed by atoms with Gasteiger partial charge >= 0.3 is 0 Å². The number of halogens is 2. The molecule has 1 saturated heterocycles. The number of carbonyl (C=O) groups is 1. The number of nitrogen functional groups attached to an aromatic ring is 1. The first-order chi connectivity index (χ1) is 14.0. The second-order valence-electron chi connectivity index (χ2n) is 7.80. The van der Waals surface area contributed by atoms with Crippen molar-refractivity contribution in [1.29, 1.82) is 0 Å². The maximum Gasteiger partial charge on any atom is 0.229 e. The van der Waals surface area contributed by atoms with Crippen molar-refractivity contribution in [2.24, 2.45) is 5.92 Å². The lowest BCUT2D eigenvalue weighted by molar-refractivity contribution is -0.124. The molecule has 0 bridgehead atoms. The number of carbonyl (C=O) groups excluding carboxylic acids is 1. The Kier molecular flexibility index (Phi) is 7.26. The topological polar surface area (TPSA) is 96.2 Å². The Morgan fingerprint density at radius 1 is 1.20 bits per heavy atom. The number of benzene rings is 1. The first-order valence-electron chi connectivity index (χ1n) is 10.2. The summed E-state index contributed by atoms with van der Waals surface area (Å²) in [5.41, 5.74) is 9.59. The van der Waals surface area contributed by atoms with Crippen LogP contribution in [-0.4, -0.2) is 36.0 Å². The summed E-state index contributed by atoms with van der Waals surface area (Å²) in [4.78, 5) is 24.1. The fourth-order valence-corrected chi connectivity index (χ4v) is 4.54. The van der Waals surface area contributed by atoms with Gasteiger partial charge in [0.1, 0.15) is 5.82 Å². The van der Waals surface area contributed by atoms with Crippen molar-refractivity contribution in [1.82, 2.24) is 15.3 Å². The van der Waals surface area contributed by atoms with Crippen LogP contribution >= 0.6 is 24.0 Å². The number of aromatic nitrogens is 2. The number of piperidine rings is 1. The van der Waals surface area contributed by atoms with Gasteiger partial charge in [-0.15, -0.1) is 12.4 Å². The summed E-state index contributed by atoms with van der Waals surface area (Å²) in [6, 6.07) is 5.33. The average molecular weight is 451 g/mol. The standard InChI is InChI=1S/C21H27ClN6O.ClH/c1-24-20(29)13-5-4-8-28(12-13)19-17-6-2-3-7-18(17)26-21(27-19)25-16-10-14(22)9-15(23)11-16;/h9-11,13H,2-8,12,23H2,1H3,(H,24,29)(H,25,26,27);1H/t13-;/m1./s1. The molecule has 7 nitrogen and oxygen atoms in total. The maximum atomic E-state index is 12.2. The van der Waals surface area contributed by atoms with E-state index in [0.717, 1.165) is 62.3 Å². The Bertz CT molecular complexity index is 902. The van der Waals surface area contributed by atoms with E-state index in [1.807, 2.05) is 12.1 Å². The third kappa shape index (κ3) is 4.90. The van der Waals surface area contributed by atoms with E-state index in [2.05, 4.69) is 15.5 Å². The molecule has 1 aromatic heterocycles. The second kappa shape index (κ2) is 9.71. The predicted molar refractivity (Wildman–Crippen MR) is 124 cm³/mol. The van der Waals surface area contributed by atoms with Gasteiger partial charge in [0.05, 0.1) is 11.6 Å². The molecule has 1 amide bonds. The van der Waals surface area contributed by atoms with Crippen molar-refractivity contribution < 1.29 is 4.79 Å². The van der Waals surface area contributed by atoms with Crippen molar-refractivity contribution in [2.45, 2.75) is 38.5 Å². The number of nitrogens with one attached hydrogen (secondary N) is 2. The molecule has 30 heavy (non-hydrogen) atoms. The van der Waals surface area contributed by atoms with Crippen LogP contribution < -0.4 is 21.3 Å². The number of fused-ring (bicyclic) bond motifs is 1. The molecule has 1 aliphatic carbocycles. The van der Waals surface area contributed by atoms with E-state index in [4.69, 9.17) is 27.3 Å². The Labute approximate surface area is 188 Å². The number of nitrogens with two attached hydrogens (primary N) is 1. The first kappa shape index (κ1) is 22.4. The number of hydrogen-bond acceptors (Lipinski definition) is 6. The number of hydrogen-bond donors (Lipinski definition) is 3. The average Bonchev–Trinajstić information content (AvgIpc) is 2.72. The van der Waals surface area contributed by atoms with Gasteiger partial charge in [-0.25, -0.2) is 4.98 Å². The van der Waals surface area contributed by atoms with Gasteiger partial charge in [-0.2, -0.15) is 4.98 Å². The highest BCUT2D eigenvalue weighted by Gasteiger charge is 2.29.